The van der Waals surface area contributed by atoms with Gasteiger partial charge in [0.2, 0.25) is 0 Å². The van der Waals surface area contributed by atoms with Crippen LogP contribution in [-0.4, -0.2) is 10.8 Å². The fraction of sp³-hybridized carbons (Fsp3) is 0.0435. The van der Waals surface area contributed by atoms with Crippen molar-refractivity contribution in [3.63, 3.8) is 0 Å². The minimum Gasteiger partial charge on any atom is -0.321 e. The highest BCUT2D eigenvalue weighted by Gasteiger charge is 2.13. The first-order valence-corrected chi connectivity index (χ1v) is 9.82. The van der Waals surface area contributed by atoms with Gasteiger partial charge in [0, 0.05) is 34.3 Å². The molecule has 6 nitrogen and oxygen atoms in total. The summed E-state index contributed by atoms with van der Waals surface area (Å²) < 4.78 is 0. The molecule has 154 valence electrons. The van der Waals surface area contributed by atoms with Crippen LogP contribution in [0.15, 0.2) is 72.3 Å². The zero-order chi connectivity index (χ0) is 22.4. The van der Waals surface area contributed by atoms with E-state index in [1.54, 1.807) is 18.2 Å². The minimum absolute atomic E-state index is 0.165. The fourth-order valence-corrected chi connectivity index (χ4v) is 3.31. The molecule has 0 unspecified atom stereocenters. The maximum atomic E-state index is 12.4. The van der Waals surface area contributed by atoms with Gasteiger partial charge in [0.1, 0.15) is 11.6 Å². The number of benzene rings is 3. The summed E-state index contributed by atoms with van der Waals surface area (Å²) in [6.07, 6.45) is 1.94. The quantitative estimate of drug-likeness (QED) is 0.214. The first kappa shape index (κ1) is 22.0. The van der Waals surface area contributed by atoms with E-state index in [2.05, 4.69) is 5.32 Å². The van der Waals surface area contributed by atoms with Crippen molar-refractivity contribution < 1.29 is 9.72 Å². The zero-order valence-corrected chi connectivity index (χ0v) is 17.5. The molecule has 3 aromatic rings. The van der Waals surface area contributed by atoms with E-state index in [0.29, 0.717) is 22.0 Å². The molecule has 3 aromatic carbocycles. The second-order valence-electron chi connectivity index (χ2n) is 6.55. The lowest BCUT2D eigenvalue weighted by molar-refractivity contribution is -0.384. The van der Waals surface area contributed by atoms with Crippen molar-refractivity contribution >= 4 is 46.6 Å². The number of rotatable bonds is 6. The maximum Gasteiger partial charge on any atom is 0.271 e. The number of hydrogen-bond acceptors (Lipinski definition) is 4. The Kier molecular flexibility index (Phi) is 7.03. The summed E-state index contributed by atoms with van der Waals surface area (Å²) in [5, 5.41) is 23.9. The number of halogens is 2. The Balaban J connectivity index is 1.79. The van der Waals surface area contributed by atoms with Gasteiger partial charge >= 0.3 is 0 Å². The monoisotopic (exact) mass is 451 g/mol. The number of carbonyl (C=O) groups excluding carboxylic acids is 1. The molecule has 3 rings (SSSR count). The lowest BCUT2D eigenvalue weighted by Crippen LogP contribution is -2.13. The summed E-state index contributed by atoms with van der Waals surface area (Å²) in [5.74, 6) is -0.681. The van der Waals surface area contributed by atoms with Crippen LogP contribution in [0.1, 0.15) is 16.7 Å². The highest BCUT2D eigenvalue weighted by molar-refractivity contribution is 6.32. The van der Waals surface area contributed by atoms with Crippen LogP contribution in [0.4, 0.5) is 11.4 Å². The lowest BCUT2D eigenvalue weighted by Gasteiger charge is -2.08. The van der Waals surface area contributed by atoms with Crippen molar-refractivity contribution in [1.82, 2.24) is 0 Å². The average Bonchev–Trinajstić information content (AvgIpc) is 2.75. The first-order chi connectivity index (χ1) is 14.9. The fourth-order valence-electron chi connectivity index (χ4n) is 2.85. The normalized spacial score (nSPS) is 10.9. The first-order valence-electron chi connectivity index (χ1n) is 9.07. The molecule has 1 N–H and O–H groups in total. The van der Waals surface area contributed by atoms with Gasteiger partial charge in [0.15, 0.2) is 0 Å². The largest absolute Gasteiger partial charge is 0.321 e. The van der Waals surface area contributed by atoms with Crippen molar-refractivity contribution in [2.45, 2.75) is 6.42 Å². The summed E-state index contributed by atoms with van der Waals surface area (Å²) in [6, 6.07) is 20.0. The summed E-state index contributed by atoms with van der Waals surface area (Å²) in [5.41, 5.74) is 2.24. The molecule has 0 fully saturated rings. The standard InChI is InChI=1S/C23H15Cl2N3O3/c24-21-7-2-1-4-16(21)12-17-9-8-15(11-22(17)25)10-18(14-26)23(29)27-19-5-3-6-20(13-19)28(30)31/h1-11,13H,12H2,(H,27,29)/b18-10+. The summed E-state index contributed by atoms with van der Waals surface area (Å²) in [6.45, 7) is 0. The van der Waals surface area contributed by atoms with Gasteiger partial charge in [-0.3, -0.25) is 14.9 Å². The highest BCUT2D eigenvalue weighted by atomic mass is 35.5. The molecule has 0 saturated carbocycles. The molecule has 31 heavy (non-hydrogen) atoms. The van der Waals surface area contributed by atoms with Crippen LogP contribution in [0.5, 0.6) is 0 Å². The molecule has 0 aliphatic carbocycles. The van der Waals surface area contributed by atoms with Crippen molar-refractivity contribution in [3.05, 3.63) is 109 Å². The Morgan fingerprint density at radius 3 is 2.45 bits per heavy atom. The number of hydrogen-bond donors (Lipinski definition) is 1. The number of nitro groups is 1. The van der Waals surface area contributed by atoms with E-state index in [0.717, 1.165) is 11.1 Å². The predicted octanol–water partition coefficient (Wildman–Crippen LogP) is 6.04. The number of nitrogens with one attached hydrogen (secondary N) is 1. The molecule has 0 aliphatic heterocycles. The van der Waals surface area contributed by atoms with Gasteiger partial charge in [-0.2, -0.15) is 5.26 Å². The Morgan fingerprint density at radius 2 is 1.77 bits per heavy atom. The summed E-state index contributed by atoms with van der Waals surface area (Å²) in [7, 11) is 0. The Bertz CT molecular complexity index is 1230. The van der Waals surface area contributed by atoms with E-state index in [4.69, 9.17) is 23.2 Å². The third-order valence-corrected chi connectivity index (χ3v) is 5.13. The van der Waals surface area contributed by atoms with Crippen molar-refractivity contribution in [1.29, 1.82) is 5.26 Å². The number of nitro benzene ring substituents is 1. The molecule has 0 atom stereocenters. The van der Waals surface area contributed by atoms with Crippen LogP contribution in [0.2, 0.25) is 10.0 Å². The van der Waals surface area contributed by atoms with Crippen LogP contribution >= 0.6 is 23.2 Å². The Labute approximate surface area is 188 Å². The van der Waals surface area contributed by atoms with E-state index in [1.165, 1.54) is 30.3 Å². The molecular formula is C23H15Cl2N3O3. The van der Waals surface area contributed by atoms with Crippen LogP contribution in [0.25, 0.3) is 6.08 Å². The molecular weight excluding hydrogens is 437 g/mol. The topological polar surface area (TPSA) is 96.0 Å². The van der Waals surface area contributed by atoms with Gasteiger partial charge in [-0.1, -0.05) is 59.6 Å². The SMILES string of the molecule is N#C/C(=C\c1ccc(Cc2ccccc2Cl)c(Cl)c1)C(=O)Nc1cccc([N+](=O)[O-])c1. The van der Waals surface area contributed by atoms with E-state index in [1.807, 2.05) is 30.3 Å². The van der Waals surface area contributed by atoms with Gasteiger partial charge in [-0.15, -0.1) is 0 Å². The Morgan fingerprint density at radius 1 is 1.03 bits per heavy atom. The van der Waals surface area contributed by atoms with Crippen molar-refractivity contribution in [2.75, 3.05) is 5.32 Å². The average molecular weight is 452 g/mol. The van der Waals surface area contributed by atoms with Gasteiger partial charge in [-0.05, 0) is 41.0 Å². The van der Waals surface area contributed by atoms with E-state index in [9.17, 15) is 20.2 Å². The number of carbonyl (C=O) groups is 1. The summed E-state index contributed by atoms with van der Waals surface area (Å²) >= 11 is 12.6. The molecule has 1 amide bonds. The zero-order valence-electron chi connectivity index (χ0n) is 16.0. The number of nitriles is 1. The minimum atomic E-state index is -0.681. The molecule has 0 aliphatic rings. The second kappa shape index (κ2) is 9.90. The molecule has 0 saturated heterocycles. The van der Waals surface area contributed by atoms with E-state index >= 15 is 0 Å². The summed E-state index contributed by atoms with van der Waals surface area (Å²) in [4.78, 5) is 22.7. The molecule has 0 heterocycles. The van der Waals surface area contributed by atoms with Crippen LogP contribution in [-0.2, 0) is 11.2 Å². The van der Waals surface area contributed by atoms with Crippen molar-refractivity contribution in [2.24, 2.45) is 0 Å². The molecule has 0 spiro atoms. The molecule has 8 heteroatoms. The molecule has 0 bridgehead atoms. The maximum absolute atomic E-state index is 12.4. The van der Waals surface area contributed by atoms with Gasteiger partial charge in [0.25, 0.3) is 11.6 Å². The van der Waals surface area contributed by atoms with Crippen LogP contribution in [0, 0.1) is 21.4 Å². The van der Waals surface area contributed by atoms with Crippen LogP contribution in [0.3, 0.4) is 0 Å². The van der Waals surface area contributed by atoms with E-state index in [-0.39, 0.29) is 16.9 Å². The van der Waals surface area contributed by atoms with Crippen LogP contribution < -0.4 is 5.32 Å². The molecule has 0 aromatic heterocycles. The highest BCUT2D eigenvalue weighted by Crippen LogP contribution is 2.25. The van der Waals surface area contributed by atoms with Gasteiger partial charge < -0.3 is 5.32 Å². The van der Waals surface area contributed by atoms with Crippen molar-refractivity contribution in [3.8, 4) is 6.07 Å². The number of anilines is 1. The second-order valence-corrected chi connectivity index (χ2v) is 7.36. The van der Waals surface area contributed by atoms with Gasteiger partial charge in [0.05, 0.1) is 4.92 Å². The number of nitrogens with zero attached hydrogens (tertiary/aromatic N) is 2. The Hall–Kier alpha value is -3.66. The van der Waals surface area contributed by atoms with Gasteiger partial charge in [-0.25, -0.2) is 0 Å². The van der Waals surface area contributed by atoms with E-state index < -0.39 is 10.8 Å². The lowest BCUT2D eigenvalue weighted by atomic mass is 10.0. The third-order valence-electron chi connectivity index (χ3n) is 4.41. The smallest absolute Gasteiger partial charge is 0.271 e. The molecule has 0 radical (unpaired) electrons. The number of amides is 1. The predicted molar refractivity (Wildman–Crippen MR) is 121 cm³/mol. The third kappa shape index (κ3) is 5.70. The number of non-ortho nitro benzene ring substituents is 1.